The van der Waals surface area contributed by atoms with E-state index < -0.39 is 0 Å². The van der Waals surface area contributed by atoms with E-state index in [1.165, 1.54) is 12.8 Å². The zero-order valence-electron chi connectivity index (χ0n) is 11.1. The predicted molar refractivity (Wildman–Crippen MR) is 71.8 cm³/mol. The topological polar surface area (TPSA) is 40.5 Å². The van der Waals surface area contributed by atoms with Crippen LogP contribution in [0.25, 0.3) is 0 Å². The summed E-state index contributed by atoms with van der Waals surface area (Å²) in [7, 11) is 0. The Bertz CT molecular complexity index is 436. The number of phenols is 1. The molecule has 0 unspecified atom stereocenters. The van der Waals surface area contributed by atoms with Crippen molar-refractivity contribution in [2.45, 2.75) is 45.6 Å². The van der Waals surface area contributed by atoms with E-state index in [1.807, 2.05) is 18.7 Å². The van der Waals surface area contributed by atoms with Crippen molar-refractivity contribution < 1.29 is 9.90 Å². The summed E-state index contributed by atoms with van der Waals surface area (Å²) in [6.45, 7) is 4.58. The monoisotopic (exact) mass is 247 g/mol. The predicted octanol–water partition coefficient (Wildman–Crippen LogP) is 3.11. The molecule has 1 aromatic carbocycles. The first-order valence-electron chi connectivity index (χ1n) is 6.74. The molecule has 3 heteroatoms. The van der Waals surface area contributed by atoms with Gasteiger partial charge < -0.3 is 10.0 Å². The van der Waals surface area contributed by atoms with Crippen molar-refractivity contribution in [2.24, 2.45) is 0 Å². The number of hydrogen-bond donors (Lipinski definition) is 1. The van der Waals surface area contributed by atoms with Gasteiger partial charge in [-0.25, -0.2) is 0 Å². The molecule has 1 aromatic rings. The number of amides is 1. The summed E-state index contributed by atoms with van der Waals surface area (Å²) < 4.78 is 0. The molecule has 1 amide bonds. The van der Waals surface area contributed by atoms with Crippen molar-refractivity contribution in [2.75, 3.05) is 6.54 Å². The van der Waals surface area contributed by atoms with E-state index in [1.54, 1.807) is 18.2 Å². The molecular weight excluding hydrogens is 226 g/mol. The highest BCUT2D eigenvalue weighted by Crippen LogP contribution is 2.26. The van der Waals surface area contributed by atoms with Gasteiger partial charge >= 0.3 is 0 Å². The van der Waals surface area contributed by atoms with Gasteiger partial charge in [-0.2, -0.15) is 0 Å². The summed E-state index contributed by atoms with van der Waals surface area (Å²) in [5.41, 5.74) is 1.39. The first kappa shape index (κ1) is 12.9. The molecule has 0 atom stereocenters. The Morgan fingerprint density at radius 1 is 1.39 bits per heavy atom. The smallest absolute Gasteiger partial charge is 0.254 e. The molecule has 18 heavy (non-hydrogen) atoms. The number of carbonyl (C=O) groups excluding carboxylic acids is 1. The van der Waals surface area contributed by atoms with E-state index in [-0.39, 0.29) is 11.7 Å². The summed E-state index contributed by atoms with van der Waals surface area (Å²) in [4.78, 5) is 14.4. The van der Waals surface area contributed by atoms with Gasteiger partial charge in [0.05, 0.1) is 0 Å². The Labute approximate surface area is 108 Å². The summed E-state index contributed by atoms with van der Waals surface area (Å²) in [6, 6.07) is 5.56. The van der Waals surface area contributed by atoms with Gasteiger partial charge in [0.2, 0.25) is 0 Å². The summed E-state index contributed by atoms with van der Waals surface area (Å²) in [5, 5.41) is 9.70. The van der Waals surface area contributed by atoms with Crippen LogP contribution in [0.3, 0.4) is 0 Å². The third-order valence-corrected chi connectivity index (χ3v) is 3.82. The van der Waals surface area contributed by atoms with Crippen molar-refractivity contribution in [3.63, 3.8) is 0 Å². The van der Waals surface area contributed by atoms with Crippen molar-refractivity contribution in [3.8, 4) is 5.75 Å². The lowest BCUT2D eigenvalue weighted by molar-refractivity contribution is 0.0693. The molecule has 0 aromatic heterocycles. The minimum atomic E-state index is 0.0414. The van der Waals surface area contributed by atoms with Gasteiger partial charge in [0.15, 0.2) is 0 Å². The molecule has 1 aliphatic carbocycles. The summed E-state index contributed by atoms with van der Waals surface area (Å²) in [6.07, 6.45) is 4.65. The number of aromatic hydroxyl groups is 1. The normalized spacial score (nSPS) is 15.9. The van der Waals surface area contributed by atoms with Crippen LogP contribution < -0.4 is 0 Å². The number of carbonyl (C=O) groups is 1. The van der Waals surface area contributed by atoms with Crippen LogP contribution in [-0.2, 0) is 0 Å². The Morgan fingerprint density at radius 2 is 2.06 bits per heavy atom. The van der Waals surface area contributed by atoms with Gasteiger partial charge in [-0.05, 0) is 44.4 Å². The van der Waals surface area contributed by atoms with Crippen LogP contribution in [0.1, 0.15) is 48.5 Å². The van der Waals surface area contributed by atoms with Crippen LogP contribution in [-0.4, -0.2) is 28.5 Å². The Kier molecular flexibility index (Phi) is 3.90. The Hall–Kier alpha value is -1.51. The third kappa shape index (κ3) is 2.50. The maximum absolute atomic E-state index is 12.4. The van der Waals surface area contributed by atoms with Crippen molar-refractivity contribution in [1.29, 1.82) is 0 Å². The molecule has 1 saturated carbocycles. The van der Waals surface area contributed by atoms with E-state index in [4.69, 9.17) is 0 Å². The van der Waals surface area contributed by atoms with Crippen molar-refractivity contribution in [3.05, 3.63) is 29.3 Å². The first-order valence-corrected chi connectivity index (χ1v) is 6.74. The highest BCUT2D eigenvalue weighted by molar-refractivity contribution is 5.95. The fraction of sp³-hybridized carbons (Fsp3) is 0.533. The number of phenolic OH excluding ortho intramolecular Hbond substituents is 1. The minimum Gasteiger partial charge on any atom is -0.508 e. The maximum Gasteiger partial charge on any atom is 0.254 e. The van der Waals surface area contributed by atoms with E-state index in [9.17, 15) is 9.90 Å². The minimum absolute atomic E-state index is 0.0414. The number of hydrogen-bond acceptors (Lipinski definition) is 2. The number of benzene rings is 1. The average molecular weight is 247 g/mol. The average Bonchev–Trinajstić information content (AvgIpc) is 2.87. The second kappa shape index (κ2) is 5.42. The fourth-order valence-electron chi connectivity index (χ4n) is 2.69. The quantitative estimate of drug-likeness (QED) is 0.891. The molecule has 1 aliphatic rings. The molecule has 0 aliphatic heterocycles. The van der Waals surface area contributed by atoms with Crippen LogP contribution in [0.15, 0.2) is 18.2 Å². The van der Waals surface area contributed by atoms with Crippen LogP contribution in [0.2, 0.25) is 0 Å². The summed E-state index contributed by atoms with van der Waals surface area (Å²) in [5.74, 6) is 0.239. The van der Waals surface area contributed by atoms with Crippen LogP contribution in [0, 0.1) is 6.92 Å². The second-order valence-electron chi connectivity index (χ2n) is 5.03. The van der Waals surface area contributed by atoms with Crippen molar-refractivity contribution >= 4 is 5.91 Å². The first-order chi connectivity index (χ1) is 8.63. The van der Waals surface area contributed by atoms with Crippen LogP contribution in [0.5, 0.6) is 5.75 Å². The molecular formula is C15H21NO2. The zero-order chi connectivity index (χ0) is 13.1. The Balaban J connectivity index is 2.19. The van der Waals surface area contributed by atoms with Gasteiger partial charge in [0, 0.05) is 18.2 Å². The van der Waals surface area contributed by atoms with Gasteiger partial charge in [-0.1, -0.05) is 18.9 Å². The number of aryl methyl sites for hydroxylation is 1. The van der Waals surface area contributed by atoms with E-state index >= 15 is 0 Å². The van der Waals surface area contributed by atoms with E-state index in [0.717, 1.165) is 24.9 Å². The second-order valence-corrected chi connectivity index (χ2v) is 5.03. The van der Waals surface area contributed by atoms with Gasteiger partial charge in [-0.3, -0.25) is 4.79 Å². The molecule has 0 spiro atoms. The van der Waals surface area contributed by atoms with Crippen LogP contribution in [0.4, 0.5) is 0 Å². The molecule has 1 N–H and O–H groups in total. The molecule has 0 saturated heterocycles. The molecule has 0 radical (unpaired) electrons. The zero-order valence-corrected chi connectivity index (χ0v) is 11.1. The number of nitrogens with zero attached hydrogens (tertiary/aromatic N) is 1. The number of rotatable bonds is 3. The maximum atomic E-state index is 12.4. The van der Waals surface area contributed by atoms with Gasteiger partial charge in [-0.15, -0.1) is 0 Å². The standard InChI is InChI=1S/C15H21NO2/c1-3-16(13-6-4-5-7-13)15(18)12-9-8-11(2)14(17)10-12/h8-10,13,17H,3-7H2,1-2H3. The molecule has 0 bridgehead atoms. The highest BCUT2D eigenvalue weighted by atomic mass is 16.3. The molecule has 3 nitrogen and oxygen atoms in total. The lowest BCUT2D eigenvalue weighted by atomic mass is 10.1. The van der Waals surface area contributed by atoms with E-state index in [0.29, 0.717) is 11.6 Å². The third-order valence-electron chi connectivity index (χ3n) is 3.82. The molecule has 2 rings (SSSR count). The highest BCUT2D eigenvalue weighted by Gasteiger charge is 2.26. The molecule has 98 valence electrons. The lowest BCUT2D eigenvalue weighted by Crippen LogP contribution is -2.38. The largest absolute Gasteiger partial charge is 0.508 e. The van der Waals surface area contributed by atoms with Crippen LogP contribution >= 0.6 is 0 Å². The lowest BCUT2D eigenvalue weighted by Gasteiger charge is -2.27. The molecule has 0 heterocycles. The Morgan fingerprint density at radius 3 is 2.61 bits per heavy atom. The van der Waals surface area contributed by atoms with Gasteiger partial charge in [0.25, 0.3) is 5.91 Å². The fourth-order valence-corrected chi connectivity index (χ4v) is 2.69. The van der Waals surface area contributed by atoms with Crippen molar-refractivity contribution in [1.82, 2.24) is 4.90 Å². The molecule has 1 fully saturated rings. The van der Waals surface area contributed by atoms with Gasteiger partial charge in [0.1, 0.15) is 5.75 Å². The van der Waals surface area contributed by atoms with E-state index in [2.05, 4.69) is 0 Å². The summed E-state index contributed by atoms with van der Waals surface area (Å²) >= 11 is 0. The SMILES string of the molecule is CCN(C(=O)c1ccc(C)c(O)c1)C1CCCC1.